The van der Waals surface area contributed by atoms with Crippen LogP contribution in [0.4, 0.5) is 4.39 Å². The lowest BCUT2D eigenvalue weighted by molar-refractivity contribution is 0.203. The van der Waals surface area contributed by atoms with Crippen molar-refractivity contribution in [3.05, 3.63) is 42.2 Å². The van der Waals surface area contributed by atoms with Crippen molar-refractivity contribution in [1.29, 1.82) is 0 Å². The number of rotatable bonds is 5. The van der Waals surface area contributed by atoms with Crippen molar-refractivity contribution >= 4 is 10.0 Å². The Labute approximate surface area is 139 Å². The third-order valence-corrected chi connectivity index (χ3v) is 5.55. The number of aromatic nitrogens is 2. The highest BCUT2D eigenvalue weighted by Gasteiger charge is 2.33. The first-order chi connectivity index (χ1) is 11.5. The highest BCUT2D eigenvalue weighted by Crippen LogP contribution is 2.23. The van der Waals surface area contributed by atoms with Crippen LogP contribution in [0.15, 0.2) is 41.3 Å². The molecule has 0 spiro atoms. The highest BCUT2D eigenvalue weighted by atomic mass is 32.2. The average molecular weight is 353 g/mol. The molecule has 0 aliphatic carbocycles. The quantitative estimate of drug-likeness (QED) is 0.810. The Balaban J connectivity index is 1.66. The maximum absolute atomic E-state index is 13.0. The van der Waals surface area contributed by atoms with Crippen molar-refractivity contribution in [2.24, 2.45) is 0 Å². The van der Waals surface area contributed by atoms with Gasteiger partial charge in [0.05, 0.1) is 18.6 Å². The van der Waals surface area contributed by atoms with Gasteiger partial charge in [-0.25, -0.2) is 12.8 Å². The Morgan fingerprint density at radius 3 is 2.42 bits per heavy atom. The van der Waals surface area contributed by atoms with E-state index < -0.39 is 15.8 Å². The summed E-state index contributed by atoms with van der Waals surface area (Å²) < 4.78 is 49.9. The molecular formula is C15H16FN3O4S. The molecule has 9 heteroatoms. The molecule has 1 aromatic carbocycles. The lowest BCUT2D eigenvalue weighted by Crippen LogP contribution is -2.31. The monoisotopic (exact) mass is 353 g/mol. The molecule has 7 nitrogen and oxygen atoms in total. The second-order valence-corrected chi connectivity index (χ2v) is 7.20. The zero-order valence-corrected chi connectivity index (χ0v) is 13.7. The maximum Gasteiger partial charge on any atom is 0.243 e. The number of halogens is 1. The molecule has 2 heterocycles. The van der Waals surface area contributed by atoms with E-state index in [9.17, 15) is 12.8 Å². The van der Waals surface area contributed by atoms with Crippen LogP contribution in [0.2, 0.25) is 0 Å². The van der Waals surface area contributed by atoms with Gasteiger partial charge in [-0.05, 0) is 30.7 Å². The van der Waals surface area contributed by atoms with Gasteiger partial charge < -0.3 is 9.47 Å². The second kappa shape index (κ2) is 6.70. The van der Waals surface area contributed by atoms with E-state index in [0.717, 1.165) is 12.1 Å². The Kier molecular flexibility index (Phi) is 4.63. The van der Waals surface area contributed by atoms with E-state index in [1.807, 2.05) is 0 Å². The first-order valence-electron chi connectivity index (χ1n) is 7.29. The zero-order valence-electron chi connectivity index (χ0n) is 12.9. The van der Waals surface area contributed by atoms with Crippen LogP contribution in [0.25, 0.3) is 0 Å². The number of hydrogen-bond acceptors (Lipinski definition) is 6. The standard InChI is InChI=1S/C15H16FN3O4S/c1-22-14-6-7-15(18-17-14)23-12-8-9-19(10-12)24(20,21)13-4-2-11(16)3-5-13/h2-7,12H,8-10H2,1H3. The average Bonchev–Trinajstić information content (AvgIpc) is 3.05. The first kappa shape index (κ1) is 16.6. The van der Waals surface area contributed by atoms with Crippen molar-refractivity contribution in [3.63, 3.8) is 0 Å². The van der Waals surface area contributed by atoms with E-state index in [2.05, 4.69) is 10.2 Å². The molecule has 128 valence electrons. The van der Waals surface area contributed by atoms with Crippen LogP contribution >= 0.6 is 0 Å². The lowest BCUT2D eigenvalue weighted by atomic mass is 10.3. The van der Waals surface area contributed by atoms with Crippen LogP contribution in [-0.2, 0) is 10.0 Å². The predicted molar refractivity (Wildman–Crippen MR) is 82.8 cm³/mol. The number of sulfonamides is 1. The number of benzene rings is 1. The van der Waals surface area contributed by atoms with Crippen molar-refractivity contribution in [2.75, 3.05) is 20.2 Å². The second-order valence-electron chi connectivity index (χ2n) is 5.26. The summed E-state index contributed by atoms with van der Waals surface area (Å²) >= 11 is 0. The Morgan fingerprint density at radius 1 is 1.12 bits per heavy atom. The Bertz CT molecular complexity index is 796. The third kappa shape index (κ3) is 3.46. The van der Waals surface area contributed by atoms with E-state index in [4.69, 9.17) is 9.47 Å². The van der Waals surface area contributed by atoms with Gasteiger partial charge in [0.15, 0.2) is 0 Å². The van der Waals surface area contributed by atoms with Crippen LogP contribution in [-0.4, -0.2) is 49.2 Å². The van der Waals surface area contributed by atoms with Gasteiger partial charge in [-0.2, -0.15) is 4.31 Å². The fourth-order valence-electron chi connectivity index (χ4n) is 2.42. The highest BCUT2D eigenvalue weighted by molar-refractivity contribution is 7.89. The topological polar surface area (TPSA) is 81.6 Å². The maximum atomic E-state index is 13.0. The van der Waals surface area contributed by atoms with Gasteiger partial charge in [-0.3, -0.25) is 0 Å². The van der Waals surface area contributed by atoms with Gasteiger partial charge in [0.1, 0.15) is 11.9 Å². The van der Waals surface area contributed by atoms with Crippen LogP contribution < -0.4 is 9.47 Å². The van der Waals surface area contributed by atoms with Crippen LogP contribution in [0.5, 0.6) is 11.8 Å². The van der Waals surface area contributed by atoms with Crippen LogP contribution in [0, 0.1) is 5.82 Å². The molecule has 0 bridgehead atoms. The molecule has 0 radical (unpaired) electrons. The minimum Gasteiger partial charge on any atom is -0.480 e. The third-order valence-electron chi connectivity index (χ3n) is 3.67. The van der Waals surface area contributed by atoms with Gasteiger partial charge >= 0.3 is 0 Å². The molecule has 24 heavy (non-hydrogen) atoms. The van der Waals surface area contributed by atoms with Gasteiger partial charge in [-0.15, -0.1) is 10.2 Å². The fourth-order valence-corrected chi connectivity index (χ4v) is 3.90. The largest absolute Gasteiger partial charge is 0.480 e. The van der Waals surface area contributed by atoms with Crippen molar-refractivity contribution in [2.45, 2.75) is 17.4 Å². The Hall–Kier alpha value is -2.26. The molecule has 1 aliphatic heterocycles. The molecule has 0 amide bonds. The fraction of sp³-hybridized carbons (Fsp3) is 0.333. The molecule has 0 N–H and O–H groups in total. The van der Waals surface area contributed by atoms with Crippen molar-refractivity contribution < 1.29 is 22.3 Å². The molecule has 1 unspecified atom stereocenters. The van der Waals surface area contributed by atoms with Gasteiger partial charge in [0.2, 0.25) is 21.8 Å². The molecule has 1 fully saturated rings. The van der Waals surface area contributed by atoms with Gasteiger partial charge in [0, 0.05) is 18.7 Å². The lowest BCUT2D eigenvalue weighted by Gasteiger charge is -2.17. The van der Waals surface area contributed by atoms with Gasteiger partial charge in [-0.1, -0.05) is 0 Å². The smallest absolute Gasteiger partial charge is 0.243 e. The summed E-state index contributed by atoms with van der Waals surface area (Å²) in [4.78, 5) is 0.0637. The molecule has 0 saturated carbocycles. The van der Waals surface area contributed by atoms with Crippen LogP contribution in [0.3, 0.4) is 0 Å². The number of hydrogen-bond donors (Lipinski definition) is 0. The molecule has 1 aliphatic rings. The number of methoxy groups -OCH3 is 1. The summed E-state index contributed by atoms with van der Waals surface area (Å²) in [5.41, 5.74) is 0. The molecule has 2 aromatic rings. The predicted octanol–water partition coefficient (Wildman–Crippen LogP) is 1.47. The number of ether oxygens (including phenoxy) is 2. The van der Waals surface area contributed by atoms with Crippen molar-refractivity contribution in [1.82, 2.24) is 14.5 Å². The molecular weight excluding hydrogens is 337 g/mol. The molecule has 1 saturated heterocycles. The molecule has 3 rings (SSSR count). The minimum atomic E-state index is -3.66. The summed E-state index contributed by atoms with van der Waals surface area (Å²) in [7, 11) is -2.17. The summed E-state index contributed by atoms with van der Waals surface area (Å²) in [5, 5.41) is 7.66. The molecule has 1 atom stereocenters. The van der Waals surface area contributed by atoms with Crippen LogP contribution in [0.1, 0.15) is 6.42 Å². The summed E-state index contributed by atoms with van der Waals surface area (Å²) in [6.07, 6.45) is 0.219. The summed E-state index contributed by atoms with van der Waals surface area (Å²) in [5.74, 6) is 0.200. The van der Waals surface area contributed by atoms with E-state index in [0.29, 0.717) is 24.7 Å². The molecule has 1 aromatic heterocycles. The Morgan fingerprint density at radius 2 is 1.79 bits per heavy atom. The first-order valence-corrected chi connectivity index (χ1v) is 8.73. The van der Waals surface area contributed by atoms with Crippen molar-refractivity contribution in [3.8, 4) is 11.8 Å². The number of nitrogens with zero attached hydrogens (tertiary/aromatic N) is 3. The van der Waals surface area contributed by atoms with Gasteiger partial charge in [0.25, 0.3) is 0 Å². The summed E-state index contributed by atoms with van der Waals surface area (Å²) in [6.45, 7) is 0.529. The van der Waals surface area contributed by atoms with E-state index in [1.165, 1.54) is 23.5 Å². The minimum absolute atomic E-state index is 0.0637. The SMILES string of the molecule is COc1ccc(OC2CCN(S(=O)(=O)c3ccc(F)cc3)C2)nn1. The van der Waals surface area contributed by atoms with E-state index in [1.54, 1.807) is 12.1 Å². The zero-order chi connectivity index (χ0) is 17.2. The summed E-state index contributed by atoms with van der Waals surface area (Å²) in [6, 6.07) is 8.00. The van der Waals surface area contributed by atoms with E-state index in [-0.39, 0.29) is 17.5 Å². The normalized spacial score (nSPS) is 18.5. The van der Waals surface area contributed by atoms with E-state index >= 15 is 0 Å².